The van der Waals surface area contributed by atoms with Crippen LogP contribution in [0, 0.1) is 11.2 Å². The summed E-state index contributed by atoms with van der Waals surface area (Å²) in [4.78, 5) is 0. The first kappa shape index (κ1) is 20.2. The van der Waals surface area contributed by atoms with Gasteiger partial charge in [-0.15, -0.1) is 0 Å². The maximum atomic E-state index is 3.76. The van der Waals surface area contributed by atoms with Crippen LogP contribution in [0.3, 0.4) is 0 Å². The first-order valence-electron chi connectivity index (χ1n) is 9.18. The Morgan fingerprint density at radius 2 is 1.30 bits per heavy atom. The molecule has 0 spiro atoms. The van der Waals surface area contributed by atoms with E-state index in [0.717, 1.165) is 5.56 Å². The lowest BCUT2D eigenvalue weighted by molar-refractivity contribution is 0.665. The molecule has 0 aliphatic heterocycles. The van der Waals surface area contributed by atoms with E-state index in [-0.39, 0.29) is 0 Å². The second-order valence-corrected chi connectivity index (χ2v) is 12.0. The summed E-state index contributed by atoms with van der Waals surface area (Å²) in [5.74, 6) is 4.16. The molecule has 0 radical (unpaired) electrons. The van der Waals surface area contributed by atoms with E-state index in [1.54, 1.807) is 0 Å². The summed E-state index contributed by atoms with van der Waals surface area (Å²) in [6.07, 6.45) is 2.50. The molecule has 0 N–H and O–H groups in total. The van der Waals surface area contributed by atoms with Crippen LogP contribution in [0.2, 0.25) is 0 Å². The van der Waals surface area contributed by atoms with Crippen molar-refractivity contribution in [3.05, 3.63) is 35.4 Å². The highest BCUT2D eigenvalue weighted by Crippen LogP contribution is 2.59. The van der Waals surface area contributed by atoms with E-state index in [1.807, 2.05) is 0 Å². The smallest absolute Gasteiger partial charge is 0.0253 e. The fourth-order valence-electron chi connectivity index (χ4n) is 3.63. The Labute approximate surface area is 146 Å². The third-order valence-corrected chi connectivity index (χ3v) is 10.0. The third kappa shape index (κ3) is 4.80. The number of rotatable bonds is 6. The molecule has 0 amide bonds. The molecule has 1 aromatic rings. The highest BCUT2D eigenvalue weighted by atomic mass is 32.3. The van der Waals surface area contributed by atoms with Crippen LogP contribution in [0.1, 0.15) is 85.3 Å². The standard InChI is InChI=1S/C22H36S/c1-9-10-20(8)22-13-11-21(12-14-22)15-16-23(17(2)3,18(4)5)19(6)7/h11-14,17-20H,9-10H2,1-8H3. The Balaban J connectivity index is 3.08. The lowest BCUT2D eigenvalue weighted by Crippen LogP contribution is -2.27. The van der Waals surface area contributed by atoms with Gasteiger partial charge in [-0.1, -0.05) is 79.9 Å². The first-order chi connectivity index (χ1) is 10.8. The summed E-state index contributed by atoms with van der Waals surface area (Å²) >= 11 is 0. The molecule has 0 heterocycles. The summed E-state index contributed by atoms with van der Waals surface area (Å²) in [6.45, 7) is 18.6. The Kier molecular flexibility index (Phi) is 7.75. The van der Waals surface area contributed by atoms with Crippen molar-refractivity contribution in [1.29, 1.82) is 0 Å². The monoisotopic (exact) mass is 332 g/mol. The van der Waals surface area contributed by atoms with Crippen LogP contribution in [0.15, 0.2) is 24.3 Å². The molecule has 0 fully saturated rings. The van der Waals surface area contributed by atoms with E-state index in [0.29, 0.717) is 21.7 Å². The molecule has 130 valence electrons. The van der Waals surface area contributed by atoms with Crippen LogP contribution in [0.5, 0.6) is 0 Å². The first-order valence-corrected chi connectivity index (χ1v) is 11.0. The summed E-state index contributed by atoms with van der Waals surface area (Å²) in [7, 11) is -0.941. The van der Waals surface area contributed by atoms with Gasteiger partial charge in [0.1, 0.15) is 0 Å². The van der Waals surface area contributed by atoms with Gasteiger partial charge < -0.3 is 0 Å². The molecular weight excluding hydrogens is 296 g/mol. The van der Waals surface area contributed by atoms with Crippen LogP contribution < -0.4 is 0 Å². The largest absolute Gasteiger partial charge is 0.170 e. The Bertz CT molecular complexity index is 504. The average molecular weight is 333 g/mol. The van der Waals surface area contributed by atoms with Crippen molar-refractivity contribution in [2.24, 2.45) is 0 Å². The summed E-state index contributed by atoms with van der Waals surface area (Å²) in [5, 5.41) is 5.67. The van der Waals surface area contributed by atoms with Gasteiger partial charge in [0.05, 0.1) is 0 Å². The number of hydrogen-bond acceptors (Lipinski definition) is 0. The van der Waals surface area contributed by atoms with Crippen molar-refractivity contribution >= 4 is 10.0 Å². The molecule has 0 aromatic heterocycles. The normalized spacial score (nSPS) is 14.0. The van der Waals surface area contributed by atoms with Crippen LogP contribution in [-0.4, -0.2) is 15.7 Å². The Morgan fingerprint density at radius 1 is 0.826 bits per heavy atom. The molecule has 1 atom stereocenters. The quantitative estimate of drug-likeness (QED) is 0.495. The summed E-state index contributed by atoms with van der Waals surface area (Å²) in [6, 6.07) is 8.95. The molecule has 0 saturated carbocycles. The maximum absolute atomic E-state index is 3.76. The minimum absolute atomic E-state index is 0.638. The SMILES string of the molecule is CCCC(C)c1ccc(C#CS(C(C)C)(C(C)C)C(C)C)cc1. The predicted molar refractivity (Wildman–Crippen MR) is 110 cm³/mol. The van der Waals surface area contributed by atoms with Gasteiger partial charge in [-0.3, -0.25) is 0 Å². The molecule has 1 heteroatoms. The van der Waals surface area contributed by atoms with E-state index in [1.165, 1.54) is 18.4 Å². The number of hydrogen-bond donors (Lipinski definition) is 0. The van der Waals surface area contributed by atoms with Crippen molar-refractivity contribution in [3.63, 3.8) is 0 Å². The molecule has 23 heavy (non-hydrogen) atoms. The Hall–Kier alpha value is -0.870. The second-order valence-electron chi connectivity index (χ2n) is 7.45. The fraction of sp³-hybridized carbons (Fsp3) is 0.636. The minimum atomic E-state index is -0.941. The zero-order chi connectivity index (χ0) is 17.6. The van der Waals surface area contributed by atoms with Crippen LogP contribution in [-0.2, 0) is 0 Å². The van der Waals surface area contributed by atoms with Crippen molar-refractivity contribution in [2.45, 2.75) is 89.9 Å². The zero-order valence-corrected chi connectivity index (χ0v) is 17.3. The minimum Gasteiger partial charge on any atom is -0.170 e. The highest BCUT2D eigenvalue weighted by molar-refractivity contribution is 8.38. The van der Waals surface area contributed by atoms with Crippen molar-refractivity contribution in [3.8, 4) is 11.2 Å². The van der Waals surface area contributed by atoms with Gasteiger partial charge in [-0.2, -0.15) is 10.0 Å². The predicted octanol–water partition coefficient (Wildman–Crippen LogP) is 6.93. The van der Waals surface area contributed by atoms with E-state index in [2.05, 4.69) is 90.8 Å². The maximum Gasteiger partial charge on any atom is 0.0253 e. The molecule has 1 aromatic carbocycles. The Morgan fingerprint density at radius 3 is 1.70 bits per heavy atom. The van der Waals surface area contributed by atoms with Crippen molar-refractivity contribution in [1.82, 2.24) is 0 Å². The topological polar surface area (TPSA) is 0 Å². The lowest BCUT2D eigenvalue weighted by Gasteiger charge is -2.46. The fourth-order valence-corrected chi connectivity index (χ4v) is 7.90. The summed E-state index contributed by atoms with van der Waals surface area (Å²) < 4.78 is 0. The summed E-state index contributed by atoms with van der Waals surface area (Å²) in [5.41, 5.74) is 2.60. The van der Waals surface area contributed by atoms with Gasteiger partial charge in [0, 0.05) is 5.56 Å². The third-order valence-electron chi connectivity index (χ3n) is 4.91. The van der Waals surface area contributed by atoms with Gasteiger partial charge in [-0.05, 0) is 51.0 Å². The van der Waals surface area contributed by atoms with Crippen molar-refractivity contribution in [2.75, 3.05) is 0 Å². The van der Waals surface area contributed by atoms with Gasteiger partial charge in [-0.25, -0.2) is 0 Å². The van der Waals surface area contributed by atoms with Gasteiger partial charge in [0.15, 0.2) is 0 Å². The van der Waals surface area contributed by atoms with Crippen LogP contribution in [0.25, 0.3) is 0 Å². The van der Waals surface area contributed by atoms with E-state index < -0.39 is 10.0 Å². The molecule has 1 unspecified atom stereocenters. The van der Waals surface area contributed by atoms with E-state index in [4.69, 9.17) is 0 Å². The van der Waals surface area contributed by atoms with Crippen LogP contribution >= 0.6 is 10.0 Å². The molecule has 0 saturated heterocycles. The van der Waals surface area contributed by atoms with Crippen molar-refractivity contribution < 1.29 is 0 Å². The molecule has 0 bridgehead atoms. The lowest BCUT2D eigenvalue weighted by atomic mass is 9.96. The van der Waals surface area contributed by atoms with Gasteiger partial charge in [0.25, 0.3) is 0 Å². The molecule has 0 aliphatic rings. The van der Waals surface area contributed by atoms with E-state index in [9.17, 15) is 0 Å². The molecule has 0 aliphatic carbocycles. The zero-order valence-electron chi connectivity index (χ0n) is 16.4. The number of benzene rings is 1. The highest BCUT2D eigenvalue weighted by Gasteiger charge is 2.32. The average Bonchev–Trinajstić information content (AvgIpc) is 2.47. The molecular formula is C22H36S. The van der Waals surface area contributed by atoms with Gasteiger partial charge in [0.2, 0.25) is 0 Å². The molecule has 1 rings (SSSR count). The van der Waals surface area contributed by atoms with Gasteiger partial charge >= 0.3 is 0 Å². The van der Waals surface area contributed by atoms with E-state index >= 15 is 0 Å². The molecule has 0 nitrogen and oxygen atoms in total. The second kappa shape index (κ2) is 8.84. The van der Waals surface area contributed by atoms with Crippen LogP contribution in [0.4, 0.5) is 0 Å².